The average Bonchev–Trinajstić information content (AvgIpc) is 2.99. The lowest BCUT2D eigenvalue weighted by molar-refractivity contribution is 0.244. The molecular formula is C15H19N3. The molecule has 2 heterocycles. The van der Waals surface area contributed by atoms with E-state index >= 15 is 0 Å². The van der Waals surface area contributed by atoms with E-state index in [1.807, 2.05) is 12.1 Å². The second kappa shape index (κ2) is 4.72. The lowest BCUT2D eigenvalue weighted by Crippen LogP contribution is -2.28. The summed E-state index contributed by atoms with van der Waals surface area (Å²) in [6.07, 6.45) is 0. The van der Waals surface area contributed by atoms with Crippen LogP contribution in [0, 0.1) is 23.2 Å². The highest BCUT2D eigenvalue weighted by atomic mass is 15.2. The highest BCUT2D eigenvalue weighted by molar-refractivity contribution is 5.32. The Labute approximate surface area is 108 Å². The van der Waals surface area contributed by atoms with Gasteiger partial charge in [-0.05, 0) is 49.5 Å². The normalized spacial score (nSPS) is 28.9. The first-order valence-electron chi connectivity index (χ1n) is 6.73. The Balaban J connectivity index is 1.71. The molecule has 3 unspecified atom stereocenters. The number of nitrogens with one attached hydrogen (secondary N) is 1. The van der Waals surface area contributed by atoms with Crippen LogP contribution in [0.15, 0.2) is 24.3 Å². The minimum atomic E-state index is 0.461. The van der Waals surface area contributed by atoms with Crippen LogP contribution < -0.4 is 5.32 Å². The van der Waals surface area contributed by atoms with Crippen LogP contribution in [0.25, 0.3) is 0 Å². The molecule has 2 fully saturated rings. The Morgan fingerprint density at radius 1 is 1.22 bits per heavy atom. The van der Waals surface area contributed by atoms with E-state index in [2.05, 4.69) is 35.3 Å². The van der Waals surface area contributed by atoms with E-state index < -0.39 is 0 Å². The van der Waals surface area contributed by atoms with Crippen LogP contribution >= 0.6 is 0 Å². The van der Waals surface area contributed by atoms with Gasteiger partial charge in [-0.2, -0.15) is 5.26 Å². The van der Waals surface area contributed by atoms with Crippen LogP contribution in [0.3, 0.4) is 0 Å². The topological polar surface area (TPSA) is 39.1 Å². The van der Waals surface area contributed by atoms with E-state index in [0.717, 1.165) is 17.4 Å². The summed E-state index contributed by atoms with van der Waals surface area (Å²) >= 11 is 0. The second-order valence-electron chi connectivity index (χ2n) is 5.54. The Morgan fingerprint density at radius 2 is 1.83 bits per heavy atom. The number of likely N-dealkylation sites (tertiary alicyclic amines) is 1. The molecule has 1 aromatic rings. The molecule has 3 heteroatoms. The zero-order valence-electron chi connectivity index (χ0n) is 10.8. The number of fused-ring (bicyclic) bond motifs is 1. The molecule has 0 saturated carbocycles. The maximum absolute atomic E-state index is 8.82. The summed E-state index contributed by atoms with van der Waals surface area (Å²) in [7, 11) is 0. The number of rotatable bonds is 2. The number of hydrogen-bond acceptors (Lipinski definition) is 3. The molecule has 18 heavy (non-hydrogen) atoms. The van der Waals surface area contributed by atoms with Crippen molar-refractivity contribution in [1.29, 1.82) is 5.26 Å². The predicted molar refractivity (Wildman–Crippen MR) is 71.0 cm³/mol. The second-order valence-corrected chi connectivity index (χ2v) is 5.54. The number of hydrogen-bond donors (Lipinski definition) is 1. The fraction of sp³-hybridized carbons (Fsp3) is 0.533. The quantitative estimate of drug-likeness (QED) is 0.857. The van der Waals surface area contributed by atoms with Crippen molar-refractivity contribution < 1.29 is 0 Å². The third-order valence-corrected chi connectivity index (χ3v) is 4.49. The highest BCUT2D eigenvalue weighted by Gasteiger charge is 2.37. The lowest BCUT2D eigenvalue weighted by Gasteiger charge is -2.25. The van der Waals surface area contributed by atoms with Crippen LogP contribution in [-0.4, -0.2) is 31.1 Å². The number of benzene rings is 1. The third kappa shape index (κ3) is 2.03. The molecule has 1 N–H and O–H groups in total. The Hall–Kier alpha value is -1.37. The van der Waals surface area contributed by atoms with Crippen molar-refractivity contribution in [3.05, 3.63) is 35.4 Å². The van der Waals surface area contributed by atoms with Gasteiger partial charge in [0.05, 0.1) is 11.6 Å². The van der Waals surface area contributed by atoms with Gasteiger partial charge in [0.2, 0.25) is 0 Å². The monoisotopic (exact) mass is 241 g/mol. The Kier molecular flexibility index (Phi) is 3.07. The molecule has 3 atom stereocenters. The summed E-state index contributed by atoms with van der Waals surface area (Å²) in [5.41, 5.74) is 2.07. The van der Waals surface area contributed by atoms with E-state index in [-0.39, 0.29) is 0 Å². The van der Waals surface area contributed by atoms with Crippen LogP contribution in [0.1, 0.15) is 24.1 Å². The van der Waals surface area contributed by atoms with Gasteiger partial charge in [-0.1, -0.05) is 12.1 Å². The molecule has 0 aliphatic carbocycles. The molecule has 0 spiro atoms. The van der Waals surface area contributed by atoms with Crippen LogP contribution in [0.2, 0.25) is 0 Å². The molecular weight excluding hydrogens is 222 g/mol. The summed E-state index contributed by atoms with van der Waals surface area (Å²) < 4.78 is 0. The molecule has 94 valence electrons. The molecule has 0 amide bonds. The molecule has 0 bridgehead atoms. The van der Waals surface area contributed by atoms with Gasteiger partial charge in [-0.15, -0.1) is 0 Å². The molecule has 3 rings (SSSR count). The maximum atomic E-state index is 8.82. The highest BCUT2D eigenvalue weighted by Crippen LogP contribution is 2.32. The predicted octanol–water partition coefficient (Wildman–Crippen LogP) is 1.77. The van der Waals surface area contributed by atoms with E-state index in [9.17, 15) is 0 Å². The minimum absolute atomic E-state index is 0.461. The smallest absolute Gasteiger partial charge is 0.0991 e. The van der Waals surface area contributed by atoms with Gasteiger partial charge in [-0.25, -0.2) is 0 Å². The van der Waals surface area contributed by atoms with E-state index in [1.54, 1.807) is 0 Å². The van der Waals surface area contributed by atoms with Gasteiger partial charge >= 0.3 is 0 Å². The fourth-order valence-electron chi connectivity index (χ4n) is 3.25. The summed E-state index contributed by atoms with van der Waals surface area (Å²) in [5, 5.41) is 12.3. The van der Waals surface area contributed by atoms with Crippen molar-refractivity contribution in [3.63, 3.8) is 0 Å². The summed E-state index contributed by atoms with van der Waals surface area (Å²) in [6.45, 7) is 7.05. The summed E-state index contributed by atoms with van der Waals surface area (Å²) in [5.74, 6) is 1.68. The van der Waals surface area contributed by atoms with Gasteiger partial charge < -0.3 is 5.32 Å². The fourth-order valence-corrected chi connectivity index (χ4v) is 3.25. The van der Waals surface area contributed by atoms with Crippen molar-refractivity contribution in [2.24, 2.45) is 11.8 Å². The van der Waals surface area contributed by atoms with Gasteiger partial charge in [0.25, 0.3) is 0 Å². The molecule has 2 aliphatic rings. The van der Waals surface area contributed by atoms with E-state index in [4.69, 9.17) is 5.26 Å². The number of nitriles is 1. The lowest BCUT2D eigenvalue weighted by atomic mass is 10.0. The van der Waals surface area contributed by atoms with Crippen LogP contribution in [0.5, 0.6) is 0 Å². The molecule has 2 aliphatic heterocycles. The molecule has 1 aromatic carbocycles. The van der Waals surface area contributed by atoms with Crippen molar-refractivity contribution in [2.45, 2.75) is 13.0 Å². The van der Waals surface area contributed by atoms with Gasteiger partial charge in [0, 0.05) is 19.1 Å². The molecule has 2 saturated heterocycles. The van der Waals surface area contributed by atoms with Crippen molar-refractivity contribution in [1.82, 2.24) is 10.2 Å². The van der Waals surface area contributed by atoms with Gasteiger partial charge in [0.1, 0.15) is 0 Å². The molecule has 3 nitrogen and oxygen atoms in total. The first-order chi connectivity index (χ1) is 8.78. The first kappa shape index (κ1) is 11.7. The van der Waals surface area contributed by atoms with E-state index in [1.165, 1.54) is 31.7 Å². The zero-order chi connectivity index (χ0) is 12.5. The average molecular weight is 241 g/mol. The summed E-state index contributed by atoms with van der Waals surface area (Å²) in [4.78, 5) is 2.58. The largest absolute Gasteiger partial charge is 0.316 e. The SMILES string of the molecule is CC(c1ccc(C#N)cc1)N1CC2CNCC2C1. The Bertz CT molecular complexity index is 448. The standard InChI is InChI=1S/C15H19N3/c1-11(13-4-2-12(6-16)3-5-13)18-9-14-7-17-8-15(14)10-18/h2-5,11,14-15,17H,7-10H2,1H3. The van der Waals surface area contributed by atoms with E-state index in [0.29, 0.717) is 6.04 Å². The summed E-state index contributed by atoms with van der Waals surface area (Å²) in [6, 6.07) is 10.7. The maximum Gasteiger partial charge on any atom is 0.0991 e. The van der Waals surface area contributed by atoms with Crippen LogP contribution in [-0.2, 0) is 0 Å². The van der Waals surface area contributed by atoms with Crippen molar-refractivity contribution >= 4 is 0 Å². The molecule has 0 aromatic heterocycles. The van der Waals surface area contributed by atoms with Gasteiger partial charge in [-0.3, -0.25) is 4.90 Å². The van der Waals surface area contributed by atoms with Crippen LogP contribution in [0.4, 0.5) is 0 Å². The third-order valence-electron chi connectivity index (χ3n) is 4.49. The van der Waals surface area contributed by atoms with Gasteiger partial charge in [0.15, 0.2) is 0 Å². The van der Waals surface area contributed by atoms with Crippen molar-refractivity contribution in [3.8, 4) is 6.07 Å². The zero-order valence-corrected chi connectivity index (χ0v) is 10.8. The number of nitrogens with zero attached hydrogens (tertiary/aromatic N) is 2. The molecule has 0 radical (unpaired) electrons. The first-order valence-corrected chi connectivity index (χ1v) is 6.73. The van der Waals surface area contributed by atoms with Crippen molar-refractivity contribution in [2.75, 3.05) is 26.2 Å². The minimum Gasteiger partial charge on any atom is -0.316 e. The Morgan fingerprint density at radius 3 is 2.39 bits per heavy atom.